The molecule has 2 aromatic rings. The van der Waals surface area contributed by atoms with Gasteiger partial charge < -0.3 is 9.30 Å². The molecule has 0 aromatic carbocycles. The third-order valence-electron chi connectivity index (χ3n) is 3.80. The lowest BCUT2D eigenvalue weighted by atomic mass is 9.98. The number of piperidine rings is 1. The number of imidazole rings is 1. The Labute approximate surface area is 102 Å². The highest BCUT2D eigenvalue weighted by molar-refractivity contribution is 5.53. The number of likely N-dealkylation sites (N-methyl/N-ethyl adjacent to an activating group) is 1. The fourth-order valence-electron chi connectivity index (χ4n) is 2.86. The van der Waals surface area contributed by atoms with Crippen LogP contribution in [0.15, 0.2) is 24.5 Å². The molecule has 1 aliphatic heterocycles. The van der Waals surface area contributed by atoms with Gasteiger partial charge in [0.2, 0.25) is 0 Å². The number of nitrogens with zero attached hydrogens (tertiary/aromatic N) is 3. The van der Waals surface area contributed by atoms with Gasteiger partial charge in [0.05, 0.1) is 11.7 Å². The molecule has 0 aliphatic carbocycles. The van der Waals surface area contributed by atoms with Gasteiger partial charge in [0.15, 0.2) is 0 Å². The average Bonchev–Trinajstić information content (AvgIpc) is 2.74. The normalized spacial score (nSPS) is 22.1. The van der Waals surface area contributed by atoms with Crippen molar-refractivity contribution in [2.75, 3.05) is 20.1 Å². The molecule has 17 heavy (non-hydrogen) atoms. The molecule has 0 bridgehead atoms. The molecule has 1 aliphatic rings. The molecule has 0 saturated carbocycles. The van der Waals surface area contributed by atoms with E-state index in [4.69, 9.17) is 0 Å². The van der Waals surface area contributed by atoms with E-state index in [1.165, 1.54) is 36.3 Å². The van der Waals surface area contributed by atoms with Crippen LogP contribution >= 0.6 is 0 Å². The summed E-state index contributed by atoms with van der Waals surface area (Å²) >= 11 is 0. The fourth-order valence-corrected chi connectivity index (χ4v) is 2.86. The first kappa shape index (κ1) is 10.8. The molecule has 1 unspecified atom stereocenters. The first-order valence-corrected chi connectivity index (χ1v) is 6.37. The molecule has 1 saturated heterocycles. The number of aromatic nitrogens is 2. The van der Waals surface area contributed by atoms with Crippen molar-refractivity contribution in [2.24, 2.45) is 0 Å². The lowest BCUT2D eigenvalue weighted by Crippen LogP contribution is -2.31. The zero-order chi connectivity index (χ0) is 11.8. The SMILES string of the molecule is Cc1cccn2c(C3CCCN(C)C3)ncc12. The van der Waals surface area contributed by atoms with E-state index in [1.54, 1.807) is 0 Å². The van der Waals surface area contributed by atoms with Crippen molar-refractivity contribution in [3.05, 3.63) is 35.9 Å². The van der Waals surface area contributed by atoms with Crippen LogP contribution in [-0.4, -0.2) is 34.4 Å². The Hall–Kier alpha value is -1.35. The van der Waals surface area contributed by atoms with Gasteiger partial charge in [-0.25, -0.2) is 4.98 Å². The van der Waals surface area contributed by atoms with Crippen LogP contribution < -0.4 is 0 Å². The summed E-state index contributed by atoms with van der Waals surface area (Å²) < 4.78 is 2.26. The Morgan fingerprint density at radius 2 is 2.29 bits per heavy atom. The number of aryl methyl sites for hydroxylation is 1. The topological polar surface area (TPSA) is 20.5 Å². The highest BCUT2D eigenvalue weighted by Crippen LogP contribution is 2.26. The van der Waals surface area contributed by atoms with Crippen molar-refractivity contribution in [3.8, 4) is 0 Å². The minimum Gasteiger partial charge on any atom is -0.306 e. The average molecular weight is 229 g/mol. The van der Waals surface area contributed by atoms with Gasteiger partial charge in [-0.05, 0) is 45.0 Å². The van der Waals surface area contributed by atoms with E-state index in [0.717, 1.165) is 6.54 Å². The third kappa shape index (κ3) is 1.84. The monoisotopic (exact) mass is 229 g/mol. The van der Waals surface area contributed by atoms with Gasteiger partial charge in [0.1, 0.15) is 5.82 Å². The van der Waals surface area contributed by atoms with E-state index < -0.39 is 0 Å². The third-order valence-corrected chi connectivity index (χ3v) is 3.80. The molecule has 2 aromatic heterocycles. The lowest BCUT2D eigenvalue weighted by Gasteiger charge is -2.28. The molecular weight excluding hydrogens is 210 g/mol. The second-order valence-corrected chi connectivity index (χ2v) is 5.16. The maximum absolute atomic E-state index is 4.65. The highest BCUT2D eigenvalue weighted by Gasteiger charge is 2.22. The molecule has 0 spiro atoms. The van der Waals surface area contributed by atoms with Gasteiger partial charge in [0.25, 0.3) is 0 Å². The molecule has 3 rings (SSSR count). The van der Waals surface area contributed by atoms with Gasteiger partial charge in [-0.2, -0.15) is 0 Å². The van der Waals surface area contributed by atoms with Crippen LogP contribution in [-0.2, 0) is 0 Å². The summed E-state index contributed by atoms with van der Waals surface area (Å²) in [6.45, 7) is 4.50. The van der Waals surface area contributed by atoms with E-state index in [-0.39, 0.29) is 0 Å². The number of hydrogen-bond acceptors (Lipinski definition) is 2. The predicted octanol–water partition coefficient (Wildman–Crippen LogP) is 2.45. The Bertz CT molecular complexity index is 529. The van der Waals surface area contributed by atoms with Crippen LogP contribution in [0.3, 0.4) is 0 Å². The van der Waals surface area contributed by atoms with Crippen molar-refractivity contribution < 1.29 is 0 Å². The number of likely N-dealkylation sites (tertiary alicyclic amines) is 1. The summed E-state index contributed by atoms with van der Waals surface area (Å²) in [4.78, 5) is 7.06. The van der Waals surface area contributed by atoms with Crippen molar-refractivity contribution in [1.82, 2.24) is 14.3 Å². The van der Waals surface area contributed by atoms with Gasteiger partial charge >= 0.3 is 0 Å². The van der Waals surface area contributed by atoms with E-state index in [0.29, 0.717) is 5.92 Å². The fraction of sp³-hybridized carbons (Fsp3) is 0.500. The number of pyridine rings is 1. The smallest absolute Gasteiger partial charge is 0.117 e. The summed E-state index contributed by atoms with van der Waals surface area (Å²) in [7, 11) is 2.20. The van der Waals surface area contributed by atoms with E-state index in [1.807, 2.05) is 6.20 Å². The zero-order valence-electron chi connectivity index (χ0n) is 10.6. The van der Waals surface area contributed by atoms with Crippen molar-refractivity contribution in [3.63, 3.8) is 0 Å². The number of fused-ring (bicyclic) bond motifs is 1. The first-order chi connectivity index (χ1) is 8.25. The van der Waals surface area contributed by atoms with Gasteiger partial charge in [-0.3, -0.25) is 0 Å². The van der Waals surface area contributed by atoms with Crippen molar-refractivity contribution in [2.45, 2.75) is 25.7 Å². The lowest BCUT2D eigenvalue weighted by molar-refractivity contribution is 0.245. The zero-order valence-corrected chi connectivity index (χ0v) is 10.6. The van der Waals surface area contributed by atoms with E-state index >= 15 is 0 Å². The standard InChI is InChI=1S/C14H19N3/c1-11-5-3-8-17-13(11)9-15-14(17)12-6-4-7-16(2)10-12/h3,5,8-9,12H,4,6-7,10H2,1-2H3. The Balaban J connectivity index is 2.02. The molecule has 0 radical (unpaired) electrons. The number of hydrogen-bond donors (Lipinski definition) is 0. The van der Waals surface area contributed by atoms with E-state index in [2.05, 4.69) is 46.6 Å². The van der Waals surface area contributed by atoms with Crippen LogP contribution in [0, 0.1) is 6.92 Å². The van der Waals surface area contributed by atoms with Crippen LogP contribution in [0.25, 0.3) is 5.52 Å². The molecule has 3 heterocycles. The maximum atomic E-state index is 4.65. The predicted molar refractivity (Wildman–Crippen MR) is 69.4 cm³/mol. The Morgan fingerprint density at radius 1 is 1.41 bits per heavy atom. The Morgan fingerprint density at radius 3 is 3.12 bits per heavy atom. The molecule has 1 fully saturated rings. The second-order valence-electron chi connectivity index (χ2n) is 5.16. The molecule has 90 valence electrons. The van der Waals surface area contributed by atoms with Gasteiger partial charge in [0, 0.05) is 18.7 Å². The molecule has 0 N–H and O–H groups in total. The summed E-state index contributed by atoms with van der Waals surface area (Å²) in [5.74, 6) is 1.81. The van der Waals surface area contributed by atoms with Crippen molar-refractivity contribution in [1.29, 1.82) is 0 Å². The van der Waals surface area contributed by atoms with E-state index in [9.17, 15) is 0 Å². The van der Waals surface area contributed by atoms with Gasteiger partial charge in [-0.1, -0.05) is 6.07 Å². The highest BCUT2D eigenvalue weighted by atomic mass is 15.1. The first-order valence-electron chi connectivity index (χ1n) is 6.37. The summed E-state index contributed by atoms with van der Waals surface area (Å²) in [6.07, 6.45) is 6.69. The van der Waals surface area contributed by atoms with Crippen LogP contribution in [0.4, 0.5) is 0 Å². The minimum atomic E-state index is 0.582. The molecule has 1 atom stereocenters. The number of rotatable bonds is 1. The van der Waals surface area contributed by atoms with Gasteiger partial charge in [-0.15, -0.1) is 0 Å². The maximum Gasteiger partial charge on any atom is 0.117 e. The van der Waals surface area contributed by atoms with Crippen LogP contribution in [0.5, 0.6) is 0 Å². The summed E-state index contributed by atoms with van der Waals surface area (Å²) in [5.41, 5.74) is 2.55. The Kier molecular flexibility index (Phi) is 2.63. The molecule has 3 nitrogen and oxygen atoms in total. The van der Waals surface area contributed by atoms with Crippen LogP contribution in [0.2, 0.25) is 0 Å². The largest absolute Gasteiger partial charge is 0.306 e. The van der Waals surface area contributed by atoms with Crippen molar-refractivity contribution >= 4 is 5.52 Å². The quantitative estimate of drug-likeness (QED) is 0.748. The second kappa shape index (κ2) is 4.15. The molecular formula is C14H19N3. The summed E-state index contributed by atoms with van der Waals surface area (Å²) in [5, 5.41) is 0. The minimum absolute atomic E-state index is 0.582. The van der Waals surface area contributed by atoms with Crippen LogP contribution in [0.1, 0.15) is 30.1 Å². The summed E-state index contributed by atoms with van der Waals surface area (Å²) in [6, 6.07) is 4.26. The molecule has 3 heteroatoms. The molecule has 0 amide bonds.